The van der Waals surface area contributed by atoms with E-state index < -0.39 is 5.91 Å². The summed E-state index contributed by atoms with van der Waals surface area (Å²) in [4.78, 5) is 15.1. The molecule has 1 aliphatic carbocycles. The van der Waals surface area contributed by atoms with Gasteiger partial charge in [0, 0.05) is 12.8 Å². The first-order valence-corrected chi connectivity index (χ1v) is 10.5. The standard InChI is InChI=1S/C19H27N9O2/c20-17-18(25-30-24-17)28-15(13-27-10-6-1-2-7-11-27)16(22-26-28)19(29)23-21-12-14-8-4-3-5-9-14/h3-4,12,14H,1-2,5-11,13H2,(H2,20,24)(H,23,29). The molecule has 0 radical (unpaired) electrons. The number of nitrogens with zero attached hydrogens (tertiary/aromatic N) is 7. The first kappa shape index (κ1) is 20.2. The fourth-order valence-electron chi connectivity index (χ4n) is 3.84. The highest BCUT2D eigenvalue weighted by Crippen LogP contribution is 2.20. The third kappa shape index (κ3) is 4.73. The number of amides is 1. The lowest BCUT2D eigenvalue weighted by molar-refractivity contribution is 0.0947. The molecule has 11 heteroatoms. The van der Waals surface area contributed by atoms with E-state index >= 15 is 0 Å². The van der Waals surface area contributed by atoms with Crippen molar-refractivity contribution >= 4 is 17.9 Å². The number of carbonyl (C=O) groups excluding carboxylic acids is 1. The molecule has 160 valence electrons. The van der Waals surface area contributed by atoms with E-state index in [1.165, 1.54) is 17.5 Å². The minimum atomic E-state index is -0.413. The van der Waals surface area contributed by atoms with E-state index in [0.29, 0.717) is 18.2 Å². The van der Waals surface area contributed by atoms with Crippen LogP contribution >= 0.6 is 0 Å². The van der Waals surface area contributed by atoms with Gasteiger partial charge in [0.25, 0.3) is 5.91 Å². The first-order valence-electron chi connectivity index (χ1n) is 10.5. The monoisotopic (exact) mass is 413 g/mol. The van der Waals surface area contributed by atoms with E-state index in [0.717, 1.165) is 45.2 Å². The van der Waals surface area contributed by atoms with Crippen LogP contribution in [0.4, 0.5) is 5.82 Å². The number of likely N-dealkylation sites (tertiary alicyclic amines) is 1. The van der Waals surface area contributed by atoms with Crippen molar-refractivity contribution in [2.75, 3.05) is 18.8 Å². The Morgan fingerprint density at radius 1 is 1.27 bits per heavy atom. The number of allylic oxidation sites excluding steroid dienone is 2. The molecule has 0 aromatic carbocycles. The molecule has 0 bridgehead atoms. The lowest BCUT2D eigenvalue weighted by Gasteiger charge is -2.20. The van der Waals surface area contributed by atoms with Crippen molar-refractivity contribution in [2.24, 2.45) is 11.0 Å². The number of anilines is 1. The van der Waals surface area contributed by atoms with E-state index in [4.69, 9.17) is 10.4 Å². The highest BCUT2D eigenvalue weighted by atomic mass is 16.6. The molecule has 3 heterocycles. The Balaban J connectivity index is 1.54. The molecule has 0 spiro atoms. The molecule has 0 saturated carbocycles. The van der Waals surface area contributed by atoms with Gasteiger partial charge in [0.05, 0.1) is 5.69 Å². The van der Waals surface area contributed by atoms with Crippen molar-refractivity contribution in [1.29, 1.82) is 0 Å². The van der Waals surface area contributed by atoms with Gasteiger partial charge in [0.15, 0.2) is 5.69 Å². The zero-order valence-electron chi connectivity index (χ0n) is 16.9. The van der Waals surface area contributed by atoms with Gasteiger partial charge in [-0.15, -0.1) is 5.10 Å². The lowest BCUT2D eigenvalue weighted by Crippen LogP contribution is -2.28. The van der Waals surface area contributed by atoms with Gasteiger partial charge in [-0.25, -0.2) is 10.1 Å². The molecule has 1 fully saturated rings. The summed E-state index contributed by atoms with van der Waals surface area (Å²) in [5, 5.41) is 19.8. The van der Waals surface area contributed by atoms with Crippen molar-refractivity contribution in [1.82, 2.24) is 35.6 Å². The second kappa shape index (κ2) is 9.61. The quantitative estimate of drug-likeness (QED) is 0.414. The summed E-state index contributed by atoms with van der Waals surface area (Å²) in [6, 6.07) is 0. The summed E-state index contributed by atoms with van der Waals surface area (Å²) in [5.41, 5.74) is 9.23. The molecule has 4 rings (SSSR count). The SMILES string of the molecule is Nc1nonc1-n1nnc(C(=O)NN=CC2CC=CCC2)c1CN1CCCCCC1. The predicted octanol–water partition coefficient (Wildman–Crippen LogP) is 1.68. The van der Waals surface area contributed by atoms with Crippen LogP contribution in [0.2, 0.25) is 0 Å². The predicted molar refractivity (Wildman–Crippen MR) is 110 cm³/mol. The Kier molecular flexibility index (Phi) is 6.47. The summed E-state index contributed by atoms with van der Waals surface area (Å²) in [7, 11) is 0. The summed E-state index contributed by atoms with van der Waals surface area (Å²) in [6.07, 6.45) is 13.8. The van der Waals surface area contributed by atoms with Gasteiger partial charge in [-0.2, -0.15) is 9.78 Å². The summed E-state index contributed by atoms with van der Waals surface area (Å²) < 4.78 is 6.14. The van der Waals surface area contributed by atoms with E-state index in [9.17, 15) is 4.79 Å². The van der Waals surface area contributed by atoms with E-state index in [1.807, 2.05) is 0 Å². The molecule has 2 aliphatic rings. The molecule has 1 unspecified atom stereocenters. The highest BCUT2D eigenvalue weighted by Gasteiger charge is 2.25. The van der Waals surface area contributed by atoms with Gasteiger partial charge in [0.2, 0.25) is 11.6 Å². The molecule has 1 saturated heterocycles. The average molecular weight is 413 g/mol. The molecule has 1 aliphatic heterocycles. The number of hydrogen-bond acceptors (Lipinski definition) is 9. The maximum atomic E-state index is 12.8. The third-order valence-electron chi connectivity index (χ3n) is 5.51. The van der Waals surface area contributed by atoms with Crippen LogP contribution in [0.25, 0.3) is 5.82 Å². The fraction of sp³-hybridized carbons (Fsp3) is 0.579. The number of nitrogens with two attached hydrogens (primary N) is 1. The van der Waals surface area contributed by atoms with Crippen LogP contribution in [0, 0.1) is 5.92 Å². The Morgan fingerprint density at radius 3 is 2.80 bits per heavy atom. The van der Waals surface area contributed by atoms with Crippen LogP contribution < -0.4 is 11.2 Å². The number of aromatic nitrogens is 5. The van der Waals surface area contributed by atoms with Crippen molar-refractivity contribution in [3.8, 4) is 5.82 Å². The summed E-state index contributed by atoms with van der Waals surface area (Å²) in [6.45, 7) is 2.40. The van der Waals surface area contributed by atoms with Crippen LogP contribution in [0.15, 0.2) is 21.9 Å². The Hall–Kier alpha value is -3.08. The van der Waals surface area contributed by atoms with Gasteiger partial charge in [-0.1, -0.05) is 30.2 Å². The number of hydrazone groups is 1. The number of nitrogens with one attached hydrogen (secondary N) is 1. The smallest absolute Gasteiger partial charge is 0.293 e. The Bertz CT molecular complexity index is 909. The van der Waals surface area contributed by atoms with Crippen molar-refractivity contribution in [3.05, 3.63) is 23.5 Å². The Morgan fingerprint density at radius 2 is 2.10 bits per heavy atom. The maximum absolute atomic E-state index is 12.8. The molecule has 2 aromatic heterocycles. The molecule has 11 nitrogen and oxygen atoms in total. The van der Waals surface area contributed by atoms with Crippen molar-refractivity contribution in [2.45, 2.75) is 51.5 Å². The average Bonchev–Trinajstić information content (AvgIpc) is 3.26. The first-order chi connectivity index (χ1) is 14.7. The summed E-state index contributed by atoms with van der Waals surface area (Å²) >= 11 is 0. The zero-order valence-corrected chi connectivity index (χ0v) is 16.9. The minimum Gasteiger partial charge on any atom is -0.378 e. The van der Waals surface area contributed by atoms with Crippen LogP contribution in [0.5, 0.6) is 0 Å². The molecule has 1 amide bonds. The number of rotatable bonds is 6. The lowest BCUT2D eigenvalue weighted by atomic mass is 9.96. The number of hydrogen-bond donors (Lipinski definition) is 2. The van der Waals surface area contributed by atoms with Gasteiger partial charge in [-0.05, 0) is 61.4 Å². The van der Waals surface area contributed by atoms with E-state index in [1.54, 1.807) is 6.21 Å². The summed E-state index contributed by atoms with van der Waals surface area (Å²) in [5.74, 6) is 0.239. The molecule has 3 N–H and O–H groups in total. The number of nitrogen functional groups attached to an aromatic ring is 1. The van der Waals surface area contributed by atoms with Crippen LogP contribution in [-0.2, 0) is 6.54 Å². The third-order valence-corrected chi connectivity index (χ3v) is 5.51. The minimum absolute atomic E-state index is 0.0901. The maximum Gasteiger partial charge on any atom is 0.293 e. The van der Waals surface area contributed by atoms with E-state index in [-0.39, 0.29) is 17.3 Å². The second-order valence-corrected chi connectivity index (χ2v) is 7.72. The molecular weight excluding hydrogens is 386 g/mol. The van der Waals surface area contributed by atoms with Crippen molar-refractivity contribution in [3.63, 3.8) is 0 Å². The zero-order chi connectivity index (χ0) is 20.8. The van der Waals surface area contributed by atoms with Crippen LogP contribution in [0.1, 0.15) is 61.1 Å². The highest BCUT2D eigenvalue weighted by molar-refractivity contribution is 5.93. The van der Waals surface area contributed by atoms with Gasteiger partial charge in [-0.3, -0.25) is 9.69 Å². The van der Waals surface area contributed by atoms with E-state index in [2.05, 4.69) is 48.2 Å². The Labute approximate surface area is 174 Å². The van der Waals surface area contributed by atoms with Crippen molar-refractivity contribution < 1.29 is 9.42 Å². The molecule has 1 atom stereocenters. The normalized spacial score (nSPS) is 20.5. The van der Waals surface area contributed by atoms with Gasteiger partial charge in [0.1, 0.15) is 0 Å². The molecular formula is C19H27N9O2. The largest absolute Gasteiger partial charge is 0.378 e. The number of carbonyl (C=O) groups is 1. The molecule has 2 aromatic rings. The topological polar surface area (TPSA) is 140 Å². The van der Waals surface area contributed by atoms with Crippen LogP contribution in [-0.4, -0.2) is 55.4 Å². The van der Waals surface area contributed by atoms with Crippen LogP contribution in [0.3, 0.4) is 0 Å². The van der Waals surface area contributed by atoms with Gasteiger partial charge >= 0.3 is 0 Å². The fourth-order valence-corrected chi connectivity index (χ4v) is 3.84. The molecule has 30 heavy (non-hydrogen) atoms. The van der Waals surface area contributed by atoms with Gasteiger partial charge < -0.3 is 5.73 Å². The second-order valence-electron chi connectivity index (χ2n) is 7.72.